The number of fused-ring (bicyclic) bond motifs is 1. The van der Waals surface area contributed by atoms with Crippen LogP contribution in [0, 0.1) is 5.92 Å². The summed E-state index contributed by atoms with van der Waals surface area (Å²) in [6.45, 7) is 8.49. The molecule has 0 unspecified atom stereocenters. The van der Waals surface area contributed by atoms with E-state index < -0.39 is 0 Å². The van der Waals surface area contributed by atoms with Crippen molar-refractivity contribution < 1.29 is 33.4 Å². The van der Waals surface area contributed by atoms with Crippen molar-refractivity contribution in [3.05, 3.63) is 71.2 Å². The third-order valence-corrected chi connectivity index (χ3v) is 5.42. The van der Waals surface area contributed by atoms with Crippen LogP contribution in [0.1, 0.15) is 63.6 Å². The number of ether oxygens (including phenoxy) is 2. The van der Waals surface area contributed by atoms with Gasteiger partial charge in [-0.25, -0.2) is 0 Å². The van der Waals surface area contributed by atoms with Crippen molar-refractivity contribution in [2.75, 3.05) is 7.11 Å². The Kier molecular flexibility index (Phi) is 8.30. The fourth-order valence-corrected chi connectivity index (χ4v) is 3.80. The van der Waals surface area contributed by atoms with Gasteiger partial charge in [-0.3, -0.25) is 0 Å². The summed E-state index contributed by atoms with van der Waals surface area (Å²) in [4.78, 5) is 0. The van der Waals surface area contributed by atoms with E-state index in [9.17, 15) is 5.11 Å². The van der Waals surface area contributed by atoms with Crippen LogP contribution < -0.4 is 33.4 Å². The number of hydrogen-bond donors (Lipinski definition) is 0. The molecule has 0 aliphatic heterocycles. The molecular weight excluding hydrogens is 367 g/mol. The Morgan fingerprint density at radius 3 is 2.50 bits per heavy atom. The molecule has 0 fully saturated rings. The predicted molar refractivity (Wildman–Crippen MR) is 118 cm³/mol. The van der Waals surface area contributed by atoms with E-state index in [1.165, 1.54) is 0 Å². The van der Waals surface area contributed by atoms with Crippen LogP contribution in [0.15, 0.2) is 54.5 Å². The normalized spacial score (nSPS) is 17.0. The average Bonchev–Trinajstić information content (AvgIpc) is 2.71. The molecule has 0 bridgehead atoms. The number of methoxy groups -OCH3 is 1. The molecule has 0 N–H and O–H groups in total. The van der Waals surface area contributed by atoms with Gasteiger partial charge >= 0.3 is 18.9 Å². The minimum atomic E-state index is -0.265. The number of benzene rings is 2. The zero-order valence-electron chi connectivity index (χ0n) is 19.1. The first-order valence-corrected chi connectivity index (χ1v) is 10.4. The van der Waals surface area contributed by atoms with Gasteiger partial charge in [0.2, 0.25) is 0 Å². The number of hydrogen-bond acceptors (Lipinski definition) is 3. The molecule has 0 spiro atoms. The molecular formula is C26H31LiO3. The first kappa shape index (κ1) is 24.2. The maximum absolute atomic E-state index is 13.4. The molecule has 30 heavy (non-hydrogen) atoms. The molecule has 3 nitrogen and oxygen atoms in total. The smallest absolute Gasteiger partial charge is 0.579 e. The summed E-state index contributed by atoms with van der Waals surface area (Å²) >= 11 is 0. The van der Waals surface area contributed by atoms with Crippen molar-refractivity contribution in [3.8, 4) is 11.5 Å². The number of allylic oxidation sites excluding steroid dienone is 2. The Labute approximate surface area is 193 Å². The quantitative estimate of drug-likeness (QED) is 0.555. The van der Waals surface area contributed by atoms with Crippen LogP contribution in [0.4, 0.5) is 0 Å². The fraction of sp³-hybridized carbons (Fsp3) is 0.385. The maximum Gasteiger partial charge on any atom is 1.00 e. The van der Waals surface area contributed by atoms with E-state index in [0.717, 1.165) is 47.3 Å². The summed E-state index contributed by atoms with van der Waals surface area (Å²) in [5.41, 5.74) is 3.58. The third kappa shape index (κ3) is 5.34. The van der Waals surface area contributed by atoms with Gasteiger partial charge in [0.05, 0.1) is 13.1 Å². The van der Waals surface area contributed by atoms with Crippen LogP contribution in [-0.4, -0.2) is 7.11 Å². The molecule has 3 rings (SSSR count). The third-order valence-electron chi connectivity index (χ3n) is 5.42. The van der Waals surface area contributed by atoms with Gasteiger partial charge in [0.25, 0.3) is 0 Å². The summed E-state index contributed by atoms with van der Waals surface area (Å²) in [6.07, 6.45) is 7.39. The van der Waals surface area contributed by atoms with Crippen molar-refractivity contribution in [1.82, 2.24) is 0 Å². The monoisotopic (exact) mass is 398 g/mol. The largest absolute Gasteiger partial charge is 1.00 e. The second-order valence-corrected chi connectivity index (χ2v) is 8.61. The molecule has 2 aromatic carbocycles. The van der Waals surface area contributed by atoms with E-state index in [4.69, 9.17) is 9.47 Å². The number of unbranched alkanes of at least 4 members (excludes halogenated alkanes) is 1. The Morgan fingerprint density at radius 1 is 1.10 bits per heavy atom. The topological polar surface area (TPSA) is 41.5 Å². The van der Waals surface area contributed by atoms with E-state index in [0.29, 0.717) is 5.75 Å². The maximum atomic E-state index is 13.4. The average molecular weight is 398 g/mol. The van der Waals surface area contributed by atoms with E-state index in [2.05, 4.69) is 39.8 Å². The molecule has 0 saturated carbocycles. The Morgan fingerprint density at radius 2 is 1.83 bits per heavy atom. The zero-order valence-corrected chi connectivity index (χ0v) is 19.1. The van der Waals surface area contributed by atoms with Crippen molar-refractivity contribution in [2.24, 2.45) is 5.92 Å². The molecule has 0 radical (unpaired) electrons. The molecule has 0 aromatic heterocycles. The van der Waals surface area contributed by atoms with Gasteiger partial charge in [0.1, 0.15) is 5.75 Å². The van der Waals surface area contributed by atoms with Gasteiger partial charge in [-0.1, -0.05) is 77.0 Å². The van der Waals surface area contributed by atoms with Gasteiger partial charge in [-0.2, -0.15) is 0 Å². The Bertz CT molecular complexity index is 922. The molecule has 154 valence electrons. The summed E-state index contributed by atoms with van der Waals surface area (Å²) in [7, 11) is 1.65. The fourth-order valence-electron chi connectivity index (χ4n) is 3.80. The van der Waals surface area contributed by atoms with Crippen molar-refractivity contribution in [2.45, 2.75) is 52.4 Å². The summed E-state index contributed by atoms with van der Waals surface area (Å²) < 4.78 is 11.4. The molecule has 2 aromatic rings. The standard InChI is InChI=1S/C26H32O3.Li/c1-6-7-10-19-14-13-18-11-8-9-12-21(18)24(19)25(27)29-23-16-15-20(28-5)17-22(23)26(2,3)4;/h8-9,11-17,19,27H,6-7,10H2,1-5H3;/q;+1/p-1/b25-24+;/t19-;/m0./s1. The minimum absolute atomic E-state index is 0. The van der Waals surface area contributed by atoms with Gasteiger partial charge < -0.3 is 14.6 Å². The van der Waals surface area contributed by atoms with Crippen molar-refractivity contribution in [1.29, 1.82) is 0 Å². The molecule has 0 amide bonds. The van der Waals surface area contributed by atoms with Crippen molar-refractivity contribution >= 4 is 11.6 Å². The second kappa shape index (κ2) is 10.3. The first-order valence-electron chi connectivity index (χ1n) is 10.4. The SMILES string of the molecule is CCCC[C@H]1C=Cc2ccccc2/C1=C(\[O-])Oc1ccc(OC)cc1C(C)(C)C.[Li+]. The second-order valence-electron chi connectivity index (χ2n) is 8.61. The summed E-state index contributed by atoms with van der Waals surface area (Å²) in [6, 6.07) is 13.7. The molecule has 1 atom stereocenters. The predicted octanol–water partition coefficient (Wildman–Crippen LogP) is 2.94. The van der Waals surface area contributed by atoms with Gasteiger partial charge in [0, 0.05) is 11.7 Å². The summed E-state index contributed by atoms with van der Waals surface area (Å²) in [5.74, 6) is 1.17. The summed E-state index contributed by atoms with van der Waals surface area (Å²) in [5, 5.41) is 13.4. The minimum Gasteiger partial charge on any atom is -0.579 e. The van der Waals surface area contributed by atoms with Crippen LogP contribution >= 0.6 is 0 Å². The van der Waals surface area contributed by atoms with Crippen LogP contribution in [-0.2, 0) is 5.41 Å². The van der Waals surface area contributed by atoms with Crippen LogP contribution in [0.25, 0.3) is 11.6 Å². The molecule has 1 aliphatic carbocycles. The van der Waals surface area contributed by atoms with E-state index in [-0.39, 0.29) is 36.1 Å². The Hall–Kier alpha value is -2.08. The first-order chi connectivity index (χ1) is 13.8. The van der Waals surface area contributed by atoms with Gasteiger partial charge in [-0.05, 0) is 52.3 Å². The molecule has 4 heteroatoms. The van der Waals surface area contributed by atoms with Crippen LogP contribution in [0.3, 0.4) is 0 Å². The van der Waals surface area contributed by atoms with Crippen LogP contribution in [0.5, 0.6) is 11.5 Å². The zero-order chi connectivity index (χ0) is 21.0. The van der Waals surface area contributed by atoms with E-state index >= 15 is 0 Å². The van der Waals surface area contributed by atoms with E-state index in [1.807, 2.05) is 42.5 Å². The van der Waals surface area contributed by atoms with Crippen molar-refractivity contribution in [3.63, 3.8) is 0 Å². The van der Waals surface area contributed by atoms with Crippen LogP contribution in [0.2, 0.25) is 0 Å². The van der Waals surface area contributed by atoms with E-state index in [1.54, 1.807) is 7.11 Å². The Balaban J connectivity index is 0.00000320. The van der Waals surface area contributed by atoms with Gasteiger partial charge in [0.15, 0.2) is 0 Å². The number of rotatable bonds is 6. The molecule has 0 saturated heterocycles. The molecule has 1 aliphatic rings. The van der Waals surface area contributed by atoms with Gasteiger partial charge in [-0.15, -0.1) is 0 Å². The molecule has 0 heterocycles.